The van der Waals surface area contributed by atoms with Gasteiger partial charge in [-0.15, -0.1) is 10.2 Å². The topological polar surface area (TPSA) is 118 Å². The third-order valence-corrected chi connectivity index (χ3v) is 5.26. The Bertz CT molecular complexity index is 1420. The van der Waals surface area contributed by atoms with Crippen molar-refractivity contribution >= 4 is 11.0 Å². The van der Waals surface area contributed by atoms with Crippen LogP contribution in [0.25, 0.3) is 33.5 Å². The minimum Gasteiger partial charge on any atom is -0.319 e. The quantitative estimate of drug-likeness (QED) is 0.458. The second kappa shape index (κ2) is 7.60. The number of aromatic nitrogens is 8. The summed E-state index contributed by atoms with van der Waals surface area (Å²) < 4.78 is 1.98. The number of hydrogen-bond donors (Lipinski definition) is 2. The van der Waals surface area contributed by atoms with Gasteiger partial charge in [0.2, 0.25) is 5.82 Å². The number of tetrazole rings is 1. The maximum absolute atomic E-state index is 12.6. The van der Waals surface area contributed by atoms with Crippen LogP contribution in [0.4, 0.5) is 0 Å². The first-order valence-electron chi connectivity index (χ1n) is 9.98. The molecule has 154 valence electrons. The summed E-state index contributed by atoms with van der Waals surface area (Å²) in [7, 11) is 0. The number of nitrogens with zero attached hydrogens (tertiary/aromatic N) is 6. The lowest BCUT2D eigenvalue weighted by Crippen LogP contribution is -2.15. The molecule has 9 nitrogen and oxygen atoms in total. The maximum Gasteiger partial charge on any atom is 0.290 e. The van der Waals surface area contributed by atoms with Crippen LogP contribution in [0.2, 0.25) is 0 Å². The van der Waals surface area contributed by atoms with Gasteiger partial charge in [0.1, 0.15) is 16.9 Å². The molecule has 2 N–H and O–H groups in total. The van der Waals surface area contributed by atoms with E-state index in [0.717, 1.165) is 28.1 Å². The van der Waals surface area contributed by atoms with Crippen LogP contribution in [0.5, 0.6) is 0 Å². The number of rotatable bonds is 5. The Hall–Kier alpha value is -4.14. The highest BCUT2D eigenvalue weighted by molar-refractivity contribution is 5.82. The smallest absolute Gasteiger partial charge is 0.290 e. The molecular weight excluding hydrogens is 392 g/mol. The number of imidazole rings is 1. The van der Waals surface area contributed by atoms with E-state index in [1.165, 1.54) is 0 Å². The minimum absolute atomic E-state index is 0.144. The fourth-order valence-corrected chi connectivity index (χ4v) is 3.90. The Labute approximate surface area is 177 Å². The second-order valence-electron chi connectivity index (χ2n) is 7.58. The molecular formula is C22H20N8O. The molecule has 0 atom stereocenters. The van der Waals surface area contributed by atoms with Crippen molar-refractivity contribution in [3.8, 4) is 22.5 Å². The van der Waals surface area contributed by atoms with Crippen LogP contribution < -0.4 is 5.56 Å². The van der Waals surface area contributed by atoms with E-state index in [1.54, 1.807) is 6.20 Å². The highest BCUT2D eigenvalue weighted by Crippen LogP contribution is 2.33. The number of benzene rings is 2. The van der Waals surface area contributed by atoms with Gasteiger partial charge < -0.3 is 4.57 Å². The number of fused-ring (bicyclic) bond motifs is 1. The highest BCUT2D eigenvalue weighted by atomic mass is 16.1. The zero-order valence-electron chi connectivity index (χ0n) is 17.1. The van der Waals surface area contributed by atoms with E-state index in [-0.39, 0.29) is 11.5 Å². The van der Waals surface area contributed by atoms with Crippen molar-refractivity contribution in [3.05, 3.63) is 76.5 Å². The van der Waals surface area contributed by atoms with Gasteiger partial charge in [0.15, 0.2) is 0 Å². The Kier molecular flexibility index (Phi) is 4.62. The molecule has 0 spiro atoms. The predicted molar refractivity (Wildman–Crippen MR) is 116 cm³/mol. The van der Waals surface area contributed by atoms with Crippen molar-refractivity contribution in [2.24, 2.45) is 0 Å². The summed E-state index contributed by atoms with van der Waals surface area (Å²) in [5.41, 5.74) is 4.83. The summed E-state index contributed by atoms with van der Waals surface area (Å²) in [6.07, 6.45) is 1.59. The Morgan fingerprint density at radius 1 is 1.00 bits per heavy atom. The molecule has 31 heavy (non-hydrogen) atoms. The van der Waals surface area contributed by atoms with Gasteiger partial charge in [-0.3, -0.25) is 4.79 Å². The first-order chi connectivity index (χ1) is 15.1. The van der Waals surface area contributed by atoms with E-state index in [1.807, 2.05) is 41.0 Å². The molecule has 0 amide bonds. The monoisotopic (exact) mass is 412 g/mol. The summed E-state index contributed by atoms with van der Waals surface area (Å²) in [4.78, 5) is 17.3. The van der Waals surface area contributed by atoms with Gasteiger partial charge in [-0.25, -0.2) is 10.1 Å². The minimum atomic E-state index is -0.249. The first-order valence-corrected chi connectivity index (χ1v) is 9.98. The van der Waals surface area contributed by atoms with Crippen molar-refractivity contribution < 1.29 is 0 Å². The number of H-pyrrole nitrogens is 2. The molecule has 0 aliphatic carbocycles. The Morgan fingerprint density at radius 2 is 1.74 bits per heavy atom. The fourth-order valence-electron chi connectivity index (χ4n) is 3.90. The molecule has 0 saturated heterocycles. The standard InChI is InChI=1S/C22H20N8O/c1-13(2)21-24-18-11-23-27-22(31)19(18)30(21)12-14-7-3-4-8-15(14)16-9-5-6-10-17(16)20-25-28-29-26-20/h3-11,13H,12H2,1-2H3,(H,27,31)(H,25,26,28,29). The van der Waals surface area contributed by atoms with E-state index in [4.69, 9.17) is 0 Å². The molecule has 9 heteroatoms. The summed E-state index contributed by atoms with van der Waals surface area (Å²) in [6.45, 7) is 4.63. The summed E-state index contributed by atoms with van der Waals surface area (Å²) in [5.74, 6) is 1.52. The van der Waals surface area contributed by atoms with Gasteiger partial charge in [-0.2, -0.15) is 10.3 Å². The van der Waals surface area contributed by atoms with Crippen molar-refractivity contribution in [1.82, 2.24) is 40.4 Å². The van der Waals surface area contributed by atoms with E-state index in [2.05, 4.69) is 61.8 Å². The predicted octanol–water partition coefficient (Wildman–Crippen LogP) is 3.14. The largest absolute Gasteiger partial charge is 0.319 e. The van der Waals surface area contributed by atoms with Crippen molar-refractivity contribution in [2.75, 3.05) is 0 Å². The third-order valence-electron chi connectivity index (χ3n) is 5.26. The van der Waals surface area contributed by atoms with Gasteiger partial charge >= 0.3 is 0 Å². The maximum atomic E-state index is 12.6. The van der Waals surface area contributed by atoms with Crippen LogP contribution in [0.15, 0.2) is 59.5 Å². The molecule has 0 bridgehead atoms. The number of hydrogen-bond acceptors (Lipinski definition) is 6. The Morgan fingerprint density at radius 3 is 2.48 bits per heavy atom. The zero-order chi connectivity index (χ0) is 21.4. The molecule has 0 aliphatic heterocycles. The van der Waals surface area contributed by atoms with Crippen molar-refractivity contribution in [3.63, 3.8) is 0 Å². The van der Waals surface area contributed by atoms with Crippen LogP contribution >= 0.6 is 0 Å². The van der Waals surface area contributed by atoms with Gasteiger partial charge in [0.05, 0.1) is 12.7 Å². The number of nitrogens with one attached hydrogen (secondary N) is 2. The van der Waals surface area contributed by atoms with Crippen LogP contribution in [-0.4, -0.2) is 40.4 Å². The lowest BCUT2D eigenvalue weighted by atomic mass is 9.95. The van der Waals surface area contributed by atoms with Crippen LogP contribution in [-0.2, 0) is 6.54 Å². The van der Waals surface area contributed by atoms with E-state index < -0.39 is 0 Å². The van der Waals surface area contributed by atoms with Crippen LogP contribution in [0.3, 0.4) is 0 Å². The van der Waals surface area contributed by atoms with E-state index in [9.17, 15) is 4.79 Å². The third kappa shape index (κ3) is 3.29. The number of aromatic amines is 2. The van der Waals surface area contributed by atoms with E-state index in [0.29, 0.717) is 23.4 Å². The summed E-state index contributed by atoms with van der Waals surface area (Å²) in [6, 6.07) is 16.1. The highest BCUT2D eigenvalue weighted by Gasteiger charge is 2.19. The SMILES string of the molecule is CC(C)c1nc2cn[nH]c(=O)c2n1Cc1ccccc1-c1ccccc1-c1nn[nH]n1. The Balaban J connectivity index is 1.69. The molecule has 3 heterocycles. The fraction of sp³-hybridized carbons (Fsp3) is 0.182. The normalized spacial score (nSPS) is 11.5. The molecule has 5 rings (SSSR count). The van der Waals surface area contributed by atoms with E-state index >= 15 is 0 Å². The molecule has 0 saturated carbocycles. The van der Waals surface area contributed by atoms with Crippen LogP contribution in [0.1, 0.15) is 31.2 Å². The van der Waals surface area contributed by atoms with Gasteiger partial charge in [0, 0.05) is 11.5 Å². The zero-order valence-corrected chi connectivity index (χ0v) is 17.1. The molecule has 3 aromatic heterocycles. The van der Waals surface area contributed by atoms with Gasteiger partial charge in [0.25, 0.3) is 5.56 Å². The second-order valence-corrected chi connectivity index (χ2v) is 7.58. The molecule has 0 fully saturated rings. The molecule has 5 aromatic rings. The lowest BCUT2D eigenvalue weighted by molar-refractivity contribution is 0.682. The molecule has 0 radical (unpaired) electrons. The molecule has 0 unspecified atom stereocenters. The summed E-state index contributed by atoms with van der Waals surface area (Å²) >= 11 is 0. The summed E-state index contributed by atoms with van der Waals surface area (Å²) in [5, 5.41) is 21.0. The van der Waals surface area contributed by atoms with Gasteiger partial charge in [-0.05, 0) is 21.9 Å². The average Bonchev–Trinajstić information content (AvgIpc) is 3.43. The first kappa shape index (κ1) is 18.9. The van der Waals surface area contributed by atoms with Crippen molar-refractivity contribution in [1.29, 1.82) is 0 Å². The lowest BCUT2D eigenvalue weighted by Gasteiger charge is -2.16. The average molecular weight is 412 g/mol. The van der Waals surface area contributed by atoms with Crippen LogP contribution in [0, 0.1) is 0 Å². The van der Waals surface area contributed by atoms with Crippen molar-refractivity contribution in [2.45, 2.75) is 26.3 Å². The molecule has 0 aliphatic rings. The van der Waals surface area contributed by atoms with Gasteiger partial charge in [-0.1, -0.05) is 62.4 Å². The molecule has 2 aromatic carbocycles.